The summed E-state index contributed by atoms with van der Waals surface area (Å²) in [7, 11) is -3.58. The summed E-state index contributed by atoms with van der Waals surface area (Å²) < 4.78 is 26.7. The van der Waals surface area contributed by atoms with Gasteiger partial charge in [0.15, 0.2) is 0 Å². The fraction of sp³-hybridized carbons (Fsp3) is 0.700. The average Bonchev–Trinajstić information content (AvgIpc) is 2.71. The van der Waals surface area contributed by atoms with E-state index in [4.69, 9.17) is 0 Å². The van der Waals surface area contributed by atoms with Gasteiger partial charge in [-0.3, -0.25) is 5.10 Å². The highest BCUT2D eigenvalue weighted by Crippen LogP contribution is 2.27. The van der Waals surface area contributed by atoms with Crippen LogP contribution in [-0.4, -0.2) is 52.1 Å². The van der Waals surface area contributed by atoms with E-state index >= 15 is 0 Å². The number of hydrogen-bond acceptors (Lipinski definition) is 5. The third-order valence-corrected chi connectivity index (χ3v) is 6.39. The normalized spacial score (nSPS) is 22.3. The molecule has 0 amide bonds. The van der Waals surface area contributed by atoms with Crippen LogP contribution in [0, 0.1) is 6.92 Å². The number of sulfonamides is 1. The second-order valence-corrected chi connectivity index (χ2v) is 7.30. The first-order chi connectivity index (χ1) is 8.48. The van der Waals surface area contributed by atoms with Crippen LogP contribution < -0.4 is 0 Å². The lowest BCUT2D eigenvalue weighted by atomic mass is 10.4. The molecule has 0 bridgehead atoms. The van der Waals surface area contributed by atoms with E-state index in [0.717, 1.165) is 11.5 Å². The third kappa shape index (κ3) is 2.29. The molecule has 2 heterocycles. The number of hydrogen-bond donors (Lipinski definition) is 2. The molecule has 8 heteroatoms. The number of aryl methyl sites for hydroxylation is 1. The highest BCUT2D eigenvalue weighted by molar-refractivity contribution is 7.99. The van der Waals surface area contributed by atoms with Crippen molar-refractivity contribution in [1.29, 1.82) is 0 Å². The molecule has 1 aromatic rings. The van der Waals surface area contributed by atoms with Gasteiger partial charge in [-0.1, -0.05) is 0 Å². The number of nitrogens with zero attached hydrogens (tertiary/aromatic N) is 2. The summed E-state index contributed by atoms with van der Waals surface area (Å²) in [5.41, 5.74) is 0.669. The number of aliphatic hydroxyl groups excluding tert-OH is 1. The SMILES string of the molecule is Cc1[nH]nc(CO)c1S(=O)(=O)N1CCSCC1C. The predicted octanol–water partition coefficient (Wildman–Crippen LogP) is 0.336. The molecule has 1 aromatic heterocycles. The second kappa shape index (κ2) is 5.20. The highest BCUT2D eigenvalue weighted by atomic mass is 32.2. The van der Waals surface area contributed by atoms with Crippen LogP contribution in [0.4, 0.5) is 0 Å². The minimum absolute atomic E-state index is 0.0328. The molecule has 102 valence electrons. The standard InChI is InChI=1S/C10H17N3O3S2/c1-7-6-17-4-3-13(7)18(15,16)10-8(2)11-12-9(10)5-14/h7,14H,3-6H2,1-2H3,(H,11,12). The van der Waals surface area contributed by atoms with Crippen molar-refractivity contribution in [2.24, 2.45) is 0 Å². The van der Waals surface area contributed by atoms with Gasteiger partial charge in [0, 0.05) is 24.1 Å². The molecule has 2 N–H and O–H groups in total. The largest absolute Gasteiger partial charge is 0.390 e. The summed E-state index contributed by atoms with van der Waals surface area (Å²) in [6, 6.07) is -0.0328. The van der Waals surface area contributed by atoms with E-state index in [1.54, 1.807) is 18.7 Å². The maximum absolute atomic E-state index is 12.6. The summed E-state index contributed by atoms with van der Waals surface area (Å²) in [5.74, 6) is 1.60. The van der Waals surface area contributed by atoms with Gasteiger partial charge in [0.2, 0.25) is 10.0 Å². The van der Waals surface area contributed by atoms with Crippen molar-refractivity contribution >= 4 is 21.8 Å². The lowest BCUT2D eigenvalue weighted by molar-refractivity contribution is 0.272. The van der Waals surface area contributed by atoms with Gasteiger partial charge in [-0.25, -0.2) is 8.42 Å². The molecule has 1 aliphatic heterocycles. The van der Waals surface area contributed by atoms with Gasteiger partial charge in [0.05, 0.1) is 12.3 Å². The summed E-state index contributed by atoms with van der Waals surface area (Å²) >= 11 is 1.76. The Bertz CT molecular complexity index is 526. The van der Waals surface area contributed by atoms with Gasteiger partial charge < -0.3 is 5.11 Å². The zero-order chi connectivity index (χ0) is 13.3. The minimum Gasteiger partial charge on any atom is -0.390 e. The van der Waals surface area contributed by atoms with Crippen LogP contribution >= 0.6 is 11.8 Å². The van der Waals surface area contributed by atoms with Gasteiger partial charge in [-0.2, -0.15) is 21.2 Å². The van der Waals surface area contributed by atoms with Crippen LogP contribution in [0.5, 0.6) is 0 Å². The molecule has 6 nitrogen and oxygen atoms in total. The molecule has 0 spiro atoms. The van der Waals surface area contributed by atoms with E-state index in [2.05, 4.69) is 10.2 Å². The van der Waals surface area contributed by atoms with Crippen molar-refractivity contribution in [2.45, 2.75) is 31.4 Å². The van der Waals surface area contributed by atoms with Crippen LogP contribution in [0.2, 0.25) is 0 Å². The quantitative estimate of drug-likeness (QED) is 0.838. The van der Waals surface area contributed by atoms with Gasteiger partial charge >= 0.3 is 0 Å². The first-order valence-corrected chi connectivity index (χ1v) is 8.32. The van der Waals surface area contributed by atoms with Gasteiger partial charge in [-0.05, 0) is 13.8 Å². The van der Waals surface area contributed by atoms with Gasteiger partial charge in [0.1, 0.15) is 10.6 Å². The maximum atomic E-state index is 12.6. The minimum atomic E-state index is -3.58. The molecule has 0 aliphatic carbocycles. The zero-order valence-corrected chi connectivity index (χ0v) is 12.0. The topological polar surface area (TPSA) is 86.3 Å². The molecule has 0 radical (unpaired) electrons. The Morgan fingerprint density at radius 1 is 1.61 bits per heavy atom. The van der Waals surface area contributed by atoms with Crippen molar-refractivity contribution in [3.63, 3.8) is 0 Å². The van der Waals surface area contributed by atoms with E-state index in [9.17, 15) is 13.5 Å². The Morgan fingerprint density at radius 2 is 2.33 bits per heavy atom. The van der Waals surface area contributed by atoms with E-state index in [1.165, 1.54) is 4.31 Å². The fourth-order valence-corrected chi connectivity index (χ4v) is 5.28. The maximum Gasteiger partial charge on any atom is 0.247 e. The number of aliphatic hydroxyl groups is 1. The number of nitrogens with one attached hydrogen (secondary N) is 1. The first kappa shape index (κ1) is 13.9. The fourth-order valence-electron chi connectivity index (χ4n) is 2.11. The van der Waals surface area contributed by atoms with Gasteiger partial charge in [-0.15, -0.1) is 0 Å². The third-order valence-electron chi connectivity index (χ3n) is 2.98. The Morgan fingerprint density at radius 3 is 2.94 bits per heavy atom. The predicted molar refractivity (Wildman–Crippen MR) is 69.9 cm³/mol. The lowest BCUT2D eigenvalue weighted by Gasteiger charge is -2.31. The van der Waals surface area contributed by atoms with Crippen molar-refractivity contribution in [3.8, 4) is 0 Å². The molecular weight excluding hydrogens is 274 g/mol. The second-order valence-electron chi connectivity index (χ2n) is 4.32. The molecule has 1 fully saturated rings. The summed E-state index contributed by atoms with van der Waals surface area (Å²) in [6.07, 6.45) is 0. The van der Waals surface area contributed by atoms with Gasteiger partial charge in [0.25, 0.3) is 0 Å². The molecule has 1 atom stereocenters. The van der Waals surface area contributed by atoms with Crippen molar-refractivity contribution in [1.82, 2.24) is 14.5 Å². The Labute approximate surface area is 111 Å². The number of H-pyrrole nitrogens is 1. The van der Waals surface area contributed by atoms with Crippen LogP contribution in [0.25, 0.3) is 0 Å². The number of thioether (sulfide) groups is 1. The zero-order valence-electron chi connectivity index (χ0n) is 10.4. The summed E-state index contributed by atoms with van der Waals surface area (Å²) in [4.78, 5) is 0.128. The average molecular weight is 291 g/mol. The van der Waals surface area contributed by atoms with Crippen LogP contribution in [0.1, 0.15) is 18.3 Å². The van der Waals surface area contributed by atoms with E-state index in [-0.39, 0.29) is 23.2 Å². The molecule has 18 heavy (non-hydrogen) atoms. The summed E-state index contributed by atoms with van der Waals surface area (Å²) in [6.45, 7) is 3.68. The molecule has 1 saturated heterocycles. The Balaban J connectivity index is 2.44. The van der Waals surface area contributed by atoms with E-state index < -0.39 is 10.0 Å². The lowest BCUT2D eigenvalue weighted by Crippen LogP contribution is -2.44. The van der Waals surface area contributed by atoms with Crippen LogP contribution in [0.3, 0.4) is 0 Å². The van der Waals surface area contributed by atoms with Crippen LogP contribution in [0.15, 0.2) is 4.90 Å². The van der Waals surface area contributed by atoms with Crippen molar-refractivity contribution < 1.29 is 13.5 Å². The molecular formula is C10H17N3O3S2. The number of rotatable bonds is 3. The number of aromatic nitrogens is 2. The Hall–Kier alpha value is -0.570. The van der Waals surface area contributed by atoms with Crippen molar-refractivity contribution in [3.05, 3.63) is 11.4 Å². The first-order valence-electron chi connectivity index (χ1n) is 5.72. The molecule has 1 unspecified atom stereocenters. The molecule has 0 saturated carbocycles. The highest BCUT2D eigenvalue weighted by Gasteiger charge is 2.35. The molecule has 0 aromatic carbocycles. The van der Waals surface area contributed by atoms with Crippen molar-refractivity contribution in [2.75, 3.05) is 18.1 Å². The monoisotopic (exact) mass is 291 g/mol. The smallest absolute Gasteiger partial charge is 0.247 e. The molecule has 1 aliphatic rings. The molecule has 2 rings (SSSR count). The van der Waals surface area contributed by atoms with E-state index in [1.807, 2.05) is 6.92 Å². The van der Waals surface area contributed by atoms with Crippen LogP contribution in [-0.2, 0) is 16.6 Å². The Kier molecular flexibility index (Phi) is 4.00. The summed E-state index contributed by atoms with van der Waals surface area (Å²) in [5, 5.41) is 15.7. The number of aromatic amines is 1. The van der Waals surface area contributed by atoms with E-state index in [0.29, 0.717) is 12.2 Å².